The fraction of sp³-hybridized carbons (Fsp3) is 0.429. The fourth-order valence-corrected chi connectivity index (χ4v) is 3.33. The van der Waals surface area contributed by atoms with Crippen molar-refractivity contribution in [1.82, 2.24) is 25.5 Å². The van der Waals surface area contributed by atoms with Gasteiger partial charge in [-0.2, -0.15) is 0 Å². The van der Waals surface area contributed by atoms with E-state index in [1.54, 1.807) is 12.4 Å². The number of nitrogens with one attached hydrogen (secondary N) is 2. The monoisotopic (exact) mass is 381 g/mol. The van der Waals surface area contributed by atoms with Gasteiger partial charge in [-0.1, -0.05) is 30.3 Å². The molecule has 1 aliphatic heterocycles. The van der Waals surface area contributed by atoms with E-state index in [1.807, 2.05) is 25.1 Å². The normalized spacial score (nSPS) is 17.2. The number of hydrogen-bond acceptors (Lipinski definition) is 5. The van der Waals surface area contributed by atoms with Crippen LogP contribution in [0.3, 0.4) is 0 Å². The summed E-state index contributed by atoms with van der Waals surface area (Å²) in [6.07, 6.45) is 5.39. The van der Waals surface area contributed by atoms with Crippen molar-refractivity contribution in [3.05, 3.63) is 59.7 Å². The highest BCUT2D eigenvalue weighted by Crippen LogP contribution is 2.12. The molecule has 2 aromatic rings. The molecule has 1 aromatic carbocycles. The highest BCUT2D eigenvalue weighted by Gasteiger charge is 2.31. The van der Waals surface area contributed by atoms with Gasteiger partial charge in [-0.3, -0.25) is 24.5 Å². The minimum Gasteiger partial charge on any atom is -0.353 e. The van der Waals surface area contributed by atoms with Crippen LogP contribution in [0.5, 0.6) is 0 Å². The fourth-order valence-electron chi connectivity index (χ4n) is 3.33. The Balaban J connectivity index is 1.49. The summed E-state index contributed by atoms with van der Waals surface area (Å²) in [6.45, 7) is 4.37. The maximum absolute atomic E-state index is 12.4. The smallest absolute Gasteiger partial charge is 0.237 e. The predicted octanol–water partition coefficient (Wildman–Crippen LogP) is 1.22. The Morgan fingerprint density at radius 3 is 2.82 bits per heavy atom. The van der Waals surface area contributed by atoms with Crippen molar-refractivity contribution in [2.75, 3.05) is 19.6 Å². The van der Waals surface area contributed by atoms with Gasteiger partial charge in [0, 0.05) is 19.3 Å². The van der Waals surface area contributed by atoms with E-state index < -0.39 is 6.04 Å². The largest absolute Gasteiger partial charge is 0.353 e. The van der Waals surface area contributed by atoms with E-state index >= 15 is 0 Å². The molecule has 0 bridgehead atoms. The number of piperazine rings is 1. The van der Waals surface area contributed by atoms with Crippen LogP contribution >= 0.6 is 0 Å². The lowest BCUT2D eigenvalue weighted by Crippen LogP contribution is -2.56. The molecule has 0 spiro atoms. The summed E-state index contributed by atoms with van der Waals surface area (Å²) in [4.78, 5) is 35.2. The molecule has 2 heterocycles. The summed E-state index contributed by atoms with van der Waals surface area (Å²) >= 11 is 0. The number of aromatic nitrogens is 2. The van der Waals surface area contributed by atoms with Gasteiger partial charge in [0.1, 0.15) is 0 Å². The Bertz CT molecular complexity index is 779. The van der Waals surface area contributed by atoms with Crippen LogP contribution in [0.4, 0.5) is 0 Å². The van der Waals surface area contributed by atoms with Crippen molar-refractivity contribution in [2.24, 2.45) is 0 Å². The molecular weight excluding hydrogens is 354 g/mol. The second-order valence-corrected chi connectivity index (χ2v) is 7.06. The summed E-state index contributed by atoms with van der Waals surface area (Å²) in [5.74, 6) is -0.228. The Morgan fingerprint density at radius 2 is 2.07 bits per heavy atom. The van der Waals surface area contributed by atoms with Gasteiger partial charge in [-0.15, -0.1) is 0 Å². The van der Waals surface area contributed by atoms with Gasteiger partial charge in [-0.25, -0.2) is 0 Å². The third kappa shape index (κ3) is 5.85. The van der Waals surface area contributed by atoms with Crippen molar-refractivity contribution in [3.8, 4) is 0 Å². The maximum atomic E-state index is 12.4. The van der Waals surface area contributed by atoms with Crippen LogP contribution < -0.4 is 10.6 Å². The highest BCUT2D eigenvalue weighted by molar-refractivity contribution is 5.88. The number of amides is 2. The van der Waals surface area contributed by atoms with Crippen LogP contribution in [0.25, 0.3) is 0 Å². The molecule has 148 valence electrons. The van der Waals surface area contributed by atoms with E-state index in [0.29, 0.717) is 18.8 Å². The van der Waals surface area contributed by atoms with Crippen molar-refractivity contribution in [2.45, 2.75) is 38.8 Å². The van der Waals surface area contributed by atoms with Gasteiger partial charge in [0.15, 0.2) is 0 Å². The number of nitrogens with zero attached hydrogens (tertiary/aromatic N) is 3. The minimum absolute atomic E-state index is 0.0729. The molecule has 7 heteroatoms. The SMILES string of the molecule is Cc1cnc(CNC(=O)CC2C(=O)NCCN2CCCc2ccccc2)cn1. The quantitative estimate of drug-likeness (QED) is 0.718. The molecule has 3 rings (SSSR count). The Morgan fingerprint density at radius 1 is 1.25 bits per heavy atom. The first-order valence-electron chi connectivity index (χ1n) is 9.72. The molecule has 0 aliphatic carbocycles. The first kappa shape index (κ1) is 19.9. The predicted molar refractivity (Wildman–Crippen MR) is 106 cm³/mol. The number of aryl methyl sites for hydroxylation is 2. The van der Waals surface area contributed by atoms with Gasteiger partial charge in [0.05, 0.1) is 36.6 Å². The summed E-state index contributed by atoms with van der Waals surface area (Å²) in [5.41, 5.74) is 2.82. The zero-order valence-corrected chi connectivity index (χ0v) is 16.2. The van der Waals surface area contributed by atoms with Crippen LogP contribution in [-0.4, -0.2) is 52.4 Å². The lowest BCUT2D eigenvalue weighted by molar-refractivity contribution is -0.134. The first-order chi connectivity index (χ1) is 13.6. The molecule has 1 atom stereocenters. The summed E-state index contributed by atoms with van der Waals surface area (Å²) in [5, 5.41) is 5.71. The van der Waals surface area contributed by atoms with E-state index in [1.165, 1.54) is 5.56 Å². The highest BCUT2D eigenvalue weighted by atomic mass is 16.2. The van der Waals surface area contributed by atoms with E-state index in [9.17, 15) is 9.59 Å². The minimum atomic E-state index is -0.423. The van der Waals surface area contributed by atoms with Crippen LogP contribution in [0.2, 0.25) is 0 Å². The zero-order chi connectivity index (χ0) is 19.8. The number of hydrogen-bond donors (Lipinski definition) is 2. The molecule has 1 aliphatic rings. The van der Waals surface area contributed by atoms with Gasteiger partial charge in [-0.05, 0) is 31.9 Å². The molecule has 1 unspecified atom stereocenters. The van der Waals surface area contributed by atoms with Crippen molar-refractivity contribution in [3.63, 3.8) is 0 Å². The Kier molecular flexibility index (Phi) is 7.08. The summed E-state index contributed by atoms with van der Waals surface area (Å²) in [7, 11) is 0. The van der Waals surface area contributed by atoms with Gasteiger partial charge in [0.25, 0.3) is 0 Å². The topological polar surface area (TPSA) is 87.2 Å². The van der Waals surface area contributed by atoms with E-state index in [-0.39, 0.29) is 18.2 Å². The van der Waals surface area contributed by atoms with Crippen LogP contribution in [0.15, 0.2) is 42.7 Å². The van der Waals surface area contributed by atoms with E-state index in [0.717, 1.165) is 31.6 Å². The van der Waals surface area contributed by atoms with Crippen molar-refractivity contribution < 1.29 is 9.59 Å². The lowest BCUT2D eigenvalue weighted by Gasteiger charge is -2.34. The molecule has 28 heavy (non-hydrogen) atoms. The molecule has 1 aromatic heterocycles. The van der Waals surface area contributed by atoms with Crippen LogP contribution in [0.1, 0.15) is 29.8 Å². The Labute approximate surface area is 165 Å². The first-order valence-corrected chi connectivity index (χ1v) is 9.72. The van der Waals surface area contributed by atoms with Crippen molar-refractivity contribution >= 4 is 11.8 Å². The third-order valence-electron chi connectivity index (χ3n) is 4.88. The summed E-state index contributed by atoms with van der Waals surface area (Å²) in [6, 6.07) is 9.89. The van der Waals surface area contributed by atoms with Gasteiger partial charge >= 0.3 is 0 Å². The molecule has 0 radical (unpaired) electrons. The van der Waals surface area contributed by atoms with Crippen LogP contribution in [-0.2, 0) is 22.6 Å². The second-order valence-electron chi connectivity index (χ2n) is 7.06. The third-order valence-corrected chi connectivity index (χ3v) is 4.88. The average molecular weight is 381 g/mol. The summed E-state index contributed by atoms with van der Waals surface area (Å²) < 4.78 is 0. The molecular formula is C21H27N5O2. The van der Waals surface area contributed by atoms with E-state index in [4.69, 9.17) is 0 Å². The lowest BCUT2D eigenvalue weighted by atomic mass is 10.1. The maximum Gasteiger partial charge on any atom is 0.237 e. The van der Waals surface area contributed by atoms with Gasteiger partial charge in [0.2, 0.25) is 11.8 Å². The molecule has 7 nitrogen and oxygen atoms in total. The van der Waals surface area contributed by atoms with Gasteiger partial charge < -0.3 is 10.6 Å². The number of carbonyl (C=O) groups excluding carboxylic acids is 2. The molecule has 1 saturated heterocycles. The molecule has 2 amide bonds. The number of benzene rings is 1. The molecule has 1 fully saturated rings. The molecule has 0 saturated carbocycles. The van der Waals surface area contributed by atoms with Crippen LogP contribution in [0, 0.1) is 6.92 Å². The standard InChI is InChI=1S/C21H27N5O2/c1-16-13-24-18(14-23-16)15-25-20(27)12-19-21(28)22-9-11-26(19)10-5-8-17-6-3-2-4-7-17/h2-4,6-7,13-14,19H,5,8-12,15H2,1H3,(H,22,28)(H,25,27). The van der Waals surface area contributed by atoms with E-state index in [2.05, 4.69) is 37.6 Å². The second kappa shape index (κ2) is 9.94. The molecule has 2 N–H and O–H groups in total. The average Bonchev–Trinajstić information content (AvgIpc) is 2.71. The zero-order valence-electron chi connectivity index (χ0n) is 16.2. The Hall–Kier alpha value is -2.80. The van der Waals surface area contributed by atoms with Crippen molar-refractivity contribution in [1.29, 1.82) is 0 Å². The number of rotatable bonds is 8. The number of carbonyl (C=O) groups is 2.